The lowest BCUT2D eigenvalue weighted by molar-refractivity contribution is -0.142. The number of carbonyl (C=O) groups is 1. The third-order valence-electron chi connectivity index (χ3n) is 5.93. The van der Waals surface area contributed by atoms with Gasteiger partial charge < -0.3 is 20.0 Å². The number of ether oxygens (including phenoxy) is 1. The largest absolute Gasteiger partial charge is 0.488 e. The maximum atomic E-state index is 13.3. The van der Waals surface area contributed by atoms with Crippen molar-refractivity contribution in [2.24, 2.45) is 5.73 Å². The van der Waals surface area contributed by atoms with Crippen LogP contribution >= 0.6 is 0 Å². The third kappa shape index (κ3) is 3.52. The minimum absolute atomic E-state index is 0.119. The van der Waals surface area contributed by atoms with E-state index in [1.54, 1.807) is 19.1 Å². The van der Waals surface area contributed by atoms with E-state index in [9.17, 15) is 23.1 Å². The van der Waals surface area contributed by atoms with Gasteiger partial charge in [0.25, 0.3) is 5.91 Å². The van der Waals surface area contributed by atoms with Gasteiger partial charge in [0.2, 0.25) is 0 Å². The predicted octanol–water partition coefficient (Wildman–Crippen LogP) is 4.25. The summed E-state index contributed by atoms with van der Waals surface area (Å²) >= 11 is 0. The molecule has 2 aromatic heterocycles. The molecule has 0 bridgehead atoms. The summed E-state index contributed by atoms with van der Waals surface area (Å²) in [5, 5.41) is 10.6. The molecule has 1 fully saturated rings. The zero-order valence-electron chi connectivity index (χ0n) is 16.8. The number of rotatable bonds is 6. The Bertz CT molecular complexity index is 1140. The first-order valence-corrected chi connectivity index (χ1v) is 9.79. The minimum atomic E-state index is -4.62. The van der Waals surface area contributed by atoms with Crippen LogP contribution in [0.2, 0.25) is 0 Å². The average Bonchev–Trinajstić information content (AvgIpc) is 3.02. The van der Waals surface area contributed by atoms with Crippen molar-refractivity contribution in [3.8, 4) is 5.75 Å². The van der Waals surface area contributed by atoms with Crippen molar-refractivity contribution in [2.75, 3.05) is 6.61 Å². The highest BCUT2D eigenvalue weighted by Gasteiger charge is 2.43. The highest BCUT2D eigenvalue weighted by atomic mass is 19.4. The topological polar surface area (TPSA) is 98.6 Å². The number of fused-ring (bicyclic) bond motifs is 1. The van der Waals surface area contributed by atoms with Gasteiger partial charge in [0.1, 0.15) is 23.7 Å². The molecule has 0 radical (unpaired) electrons. The highest BCUT2D eigenvalue weighted by molar-refractivity contribution is 6.08. The number of pyridine rings is 1. The van der Waals surface area contributed by atoms with E-state index >= 15 is 0 Å². The Labute approximate surface area is 175 Å². The van der Waals surface area contributed by atoms with E-state index in [0.717, 1.165) is 12.6 Å². The summed E-state index contributed by atoms with van der Waals surface area (Å²) in [5.41, 5.74) is 4.90. The Morgan fingerprint density at radius 1 is 1.32 bits per heavy atom. The lowest BCUT2D eigenvalue weighted by Crippen LogP contribution is -2.38. The van der Waals surface area contributed by atoms with Gasteiger partial charge in [-0.15, -0.1) is 0 Å². The van der Waals surface area contributed by atoms with Crippen LogP contribution in [0, 0.1) is 6.92 Å². The fraction of sp³-hybridized carbons (Fsp3) is 0.364. The summed E-state index contributed by atoms with van der Waals surface area (Å²) in [6.45, 7) is 1.03. The number of primary amides is 1. The lowest BCUT2D eigenvalue weighted by atomic mass is 9.63. The summed E-state index contributed by atoms with van der Waals surface area (Å²) in [5.74, 6) is -0.0739. The zero-order chi connectivity index (χ0) is 22.4. The molecule has 1 aromatic carbocycles. The van der Waals surface area contributed by atoms with E-state index in [-0.39, 0.29) is 30.1 Å². The number of alkyl halides is 3. The quantitative estimate of drug-likeness (QED) is 0.605. The number of hydrogen-bond acceptors (Lipinski definition) is 5. The number of aromatic nitrogens is 1. The molecule has 164 valence electrons. The first kappa shape index (κ1) is 21.2. The lowest BCUT2D eigenvalue weighted by Gasteiger charge is -2.42. The van der Waals surface area contributed by atoms with Crippen molar-refractivity contribution in [1.82, 2.24) is 4.98 Å². The molecule has 0 atom stereocenters. The Balaban J connectivity index is 1.84. The van der Waals surface area contributed by atoms with Crippen LogP contribution in [-0.2, 0) is 18.2 Å². The predicted molar refractivity (Wildman–Crippen MR) is 106 cm³/mol. The van der Waals surface area contributed by atoms with Gasteiger partial charge in [-0.25, -0.2) is 0 Å². The summed E-state index contributed by atoms with van der Waals surface area (Å²) in [6.07, 6.45) is -1.40. The molecule has 4 rings (SSSR count). The molecule has 0 unspecified atom stereocenters. The second kappa shape index (κ2) is 7.56. The number of benzene rings is 1. The van der Waals surface area contributed by atoms with Crippen molar-refractivity contribution in [2.45, 2.75) is 44.4 Å². The molecular formula is C22H21F3N2O4. The number of nitrogens with zero attached hydrogens (tertiary/aromatic N) is 1. The third-order valence-corrected chi connectivity index (χ3v) is 5.93. The van der Waals surface area contributed by atoms with E-state index in [0.29, 0.717) is 35.1 Å². The summed E-state index contributed by atoms with van der Waals surface area (Å²) in [4.78, 5) is 15.6. The van der Waals surface area contributed by atoms with Crippen molar-refractivity contribution >= 4 is 16.9 Å². The number of aliphatic hydroxyl groups is 1. The summed E-state index contributed by atoms with van der Waals surface area (Å²) in [6, 6.07) is 5.88. The SMILES string of the molecule is Cc1oc2ccc(OCc3cccnc3C(F)(F)F)c(C3(CO)CCC3)c2c1C(N)=O. The van der Waals surface area contributed by atoms with E-state index in [2.05, 4.69) is 4.98 Å². The molecule has 0 spiro atoms. The molecule has 3 aromatic rings. The second-order valence-corrected chi connectivity index (χ2v) is 7.80. The van der Waals surface area contributed by atoms with Crippen LogP contribution in [0.1, 0.15) is 52.2 Å². The molecule has 1 aliphatic carbocycles. The van der Waals surface area contributed by atoms with Gasteiger partial charge in [-0.05, 0) is 38.0 Å². The van der Waals surface area contributed by atoms with Crippen molar-refractivity contribution in [3.63, 3.8) is 0 Å². The summed E-state index contributed by atoms with van der Waals surface area (Å²) in [7, 11) is 0. The number of aliphatic hydroxyl groups excluding tert-OH is 1. The molecule has 1 amide bonds. The minimum Gasteiger partial charge on any atom is -0.488 e. The van der Waals surface area contributed by atoms with Crippen molar-refractivity contribution in [3.05, 3.63) is 58.6 Å². The average molecular weight is 434 g/mol. The first-order chi connectivity index (χ1) is 14.7. The molecule has 3 N–H and O–H groups in total. The maximum Gasteiger partial charge on any atom is 0.433 e. The fourth-order valence-electron chi connectivity index (χ4n) is 4.29. The molecule has 2 heterocycles. The van der Waals surface area contributed by atoms with Crippen LogP contribution in [0.5, 0.6) is 5.75 Å². The van der Waals surface area contributed by atoms with Crippen LogP contribution < -0.4 is 10.5 Å². The van der Waals surface area contributed by atoms with Gasteiger partial charge in [-0.1, -0.05) is 12.5 Å². The van der Waals surface area contributed by atoms with E-state index in [1.165, 1.54) is 12.1 Å². The first-order valence-electron chi connectivity index (χ1n) is 9.79. The number of nitrogens with two attached hydrogens (primary N) is 1. The van der Waals surface area contributed by atoms with Crippen molar-refractivity contribution < 1.29 is 32.2 Å². The Morgan fingerprint density at radius 2 is 2.06 bits per heavy atom. The highest BCUT2D eigenvalue weighted by Crippen LogP contribution is 2.51. The normalized spacial score (nSPS) is 15.6. The number of halogens is 3. The number of aryl methyl sites for hydroxylation is 1. The Morgan fingerprint density at radius 3 is 2.65 bits per heavy atom. The fourth-order valence-corrected chi connectivity index (χ4v) is 4.29. The Hall–Kier alpha value is -3.07. The smallest absolute Gasteiger partial charge is 0.433 e. The second-order valence-electron chi connectivity index (χ2n) is 7.80. The molecular weight excluding hydrogens is 413 g/mol. The van der Waals surface area contributed by atoms with Crippen LogP contribution in [0.25, 0.3) is 11.0 Å². The van der Waals surface area contributed by atoms with Crippen LogP contribution in [0.3, 0.4) is 0 Å². The van der Waals surface area contributed by atoms with Crippen molar-refractivity contribution in [1.29, 1.82) is 0 Å². The molecule has 0 saturated heterocycles. The van der Waals surface area contributed by atoms with Gasteiger partial charge in [-0.2, -0.15) is 13.2 Å². The Kier molecular flexibility index (Phi) is 5.17. The number of hydrogen-bond donors (Lipinski definition) is 2. The van der Waals surface area contributed by atoms with Crippen LogP contribution in [0.15, 0.2) is 34.9 Å². The van der Waals surface area contributed by atoms with Gasteiger partial charge in [0.15, 0.2) is 5.69 Å². The van der Waals surface area contributed by atoms with E-state index in [4.69, 9.17) is 14.9 Å². The van der Waals surface area contributed by atoms with Gasteiger partial charge >= 0.3 is 6.18 Å². The van der Waals surface area contributed by atoms with Gasteiger partial charge in [0.05, 0.1) is 12.2 Å². The molecule has 1 aliphatic rings. The molecule has 1 saturated carbocycles. The van der Waals surface area contributed by atoms with Gasteiger partial charge in [0, 0.05) is 28.1 Å². The van der Waals surface area contributed by atoms with Crippen LogP contribution in [0.4, 0.5) is 13.2 Å². The van der Waals surface area contributed by atoms with E-state index < -0.39 is 23.2 Å². The molecule has 31 heavy (non-hydrogen) atoms. The molecule has 6 nitrogen and oxygen atoms in total. The maximum absolute atomic E-state index is 13.3. The standard InChI is InChI=1S/C22H21F3N2O4/c1-12-16(20(26)29)17-14(31-12)5-6-15(18(17)21(11-28)7-3-8-21)30-10-13-4-2-9-27-19(13)22(23,24)25/h2,4-6,9,28H,3,7-8,10-11H2,1H3,(H2,26,29). The number of amides is 1. The van der Waals surface area contributed by atoms with Crippen LogP contribution in [-0.4, -0.2) is 22.6 Å². The molecule has 0 aliphatic heterocycles. The molecule has 9 heteroatoms. The number of furan rings is 1. The monoisotopic (exact) mass is 434 g/mol. The summed E-state index contributed by atoms with van der Waals surface area (Å²) < 4.78 is 51.4. The van der Waals surface area contributed by atoms with Gasteiger partial charge in [-0.3, -0.25) is 9.78 Å². The van der Waals surface area contributed by atoms with E-state index in [1.807, 2.05) is 0 Å². The number of carbonyl (C=O) groups excluding carboxylic acids is 1. The zero-order valence-corrected chi connectivity index (χ0v) is 16.8.